The van der Waals surface area contributed by atoms with Gasteiger partial charge in [-0.05, 0) is 35.4 Å². The van der Waals surface area contributed by atoms with Crippen LogP contribution in [0.15, 0.2) is 115 Å². The summed E-state index contributed by atoms with van der Waals surface area (Å²) in [5.74, 6) is -0.475. The van der Waals surface area contributed by atoms with Gasteiger partial charge >= 0.3 is 0 Å². The van der Waals surface area contributed by atoms with Crippen molar-refractivity contribution in [3.63, 3.8) is 0 Å². The molecule has 1 amide bonds. The maximum atomic E-state index is 13.4. The second-order valence-corrected chi connectivity index (χ2v) is 9.16. The van der Waals surface area contributed by atoms with Crippen LogP contribution < -0.4 is 5.32 Å². The molecule has 5 heteroatoms. The number of thiazole rings is 1. The fourth-order valence-electron chi connectivity index (χ4n) is 3.89. The highest BCUT2D eigenvalue weighted by atomic mass is 35.5. The van der Waals surface area contributed by atoms with Crippen molar-refractivity contribution >= 4 is 34.5 Å². The summed E-state index contributed by atoms with van der Waals surface area (Å²) in [4.78, 5) is 18.2. The van der Waals surface area contributed by atoms with E-state index in [4.69, 9.17) is 16.6 Å². The molecule has 3 nitrogen and oxygen atoms in total. The van der Waals surface area contributed by atoms with Crippen LogP contribution in [0.25, 0.3) is 21.8 Å². The monoisotopic (exact) mass is 480 g/mol. The van der Waals surface area contributed by atoms with Crippen LogP contribution in [0.5, 0.6) is 0 Å². The van der Waals surface area contributed by atoms with Crippen LogP contribution in [0.3, 0.4) is 0 Å². The minimum absolute atomic E-state index is 0.0744. The van der Waals surface area contributed by atoms with E-state index in [1.165, 1.54) is 0 Å². The zero-order valence-electron chi connectivity index (χ0n) is 18.2. The second kappa shape index (κ2) is 10.0. The number of aromatic nitrogens is 1. The first kappa shape index (κ1) is 22.1. The number of nitrogens with zero attached hydrogens (tertiary/aromatic N) is 1. The molecule has 5 aromatic rings. The number of carbonyl (C=O) groups excluding carboxylic acids is 1. The van der Waals surface area contributed by atoms with E-state index >= 15 is 0 Å². The number of hydrogen-bond donors (Lipinski definition) is 1. The third-order valence-electron chi connectivity index (χ3n) is 5.55. The van der Waals surface area contributed by atoms with Gasteiger partial charge in [-0.25, -0.2) is 4.98 Å². The molecule has 1 heterocycles. The summed E-state index contributed by atoms with van der Waals surface area (Å²) in [5.41, 5.74) is 5.49. The van der Waals surface area contributed by atoms with E-state index in [0.717, 1.165) is 38.6 Å². The lowest BCUT2D eigenvalue weighted by molar-refractivity contribution is -0.116. The van der Waals surface area contributed by atoms with Crippen LogP contribution in [-0.2, 0) is 4.79 Å². The van der Waals surface area contributed by atoms with Gasteiger partial charge in [-0.1, -0.05) is 96.5 Å². The molecular weight excluding hydrogens is 460 g/mol. The molecule has 1 N–H and O–H groups in total. The van der Waals surface area contributed by atoms with Gasteiger partial charge in [0.05, 0.1) is 11.6 Å². The standard InChI is InChI=1S/C29H21ClN2OS/c30-24-16-14-22(15-17-24)29-32-26(19-34-29)23-12-7-13-25(18-23)31-28(33)27(20-8-3-1-4-9-20)21-10-5-2-6-11-21/h1-19,27H,(H,31,33). The molecule has 0 radical (unpaired) electrons. The lowest BCUT2D eigenvalue weighted by Gasteiger charge is -2.18. The van der Waals surface area contributed by atoms with Gasteiger partial charge in [-0.3, -0.25) is 4.79 Å². The first-order chi connectivity index (χ1) is 16.7. The van der Waals surface area contributed by atoms with Crippen LogP contribution in [0.2, 0.25) is 5.02 Å². The molecule has 0 fully saturated rings. The largest absolute Gasteiger partial charge is 0.325 e. The van der Waals surface area contributed by atoms with Crippen molar-refractivity contribution in [3.05, 3.63) is 131 Å². The number of anilines is 1. The average molecular weight is 481 g/mol. The van der Waals surface area contributed by atoms with Gasteiger partial charge < -0.3 is 5.32 Å². The maximum Gasteiger partial charge on any atom is 0.236 e. The highest BCUT2D eigenvalue weighted by molar-refractivity contribution is 7.13. The van der Waals surface area contributed by atoms with Crippen molar-refractivity contribution in [2.24, 2.45) is 0 Å². The predicted octanol–water partition coefficient (Wildman–Crippen LogP) is 7.90. The fraction of sp³-hybridized carbons (Fsp3) is 0.0345. The lowest BCUT2D eigenvalue weighted by Crippen LogP contribution is -2.22. The molecule has 0 aliphatic carbocycles. The van der Waals surface area contributed by atoms with Crippen molar-refractivity contribution in [2.75, 3.05) is 5.32 Å². The Labute approximate surface area is 207 Å². The molecule has 5 rings (SSSR count). The quantitative estimate of drug-likeness (QED) is 0.268. The fourth-order valence-corrected chi connectivity index (χ4v) is 4.85. The van der Waals surface area contributed by atoms with Crippen LogP contribution in [-0.4, -0.2) is 10.9 Å². The summed E-state index contributed by atoms with van der Waals surface area (Å²) >= 11 is 7.59. The Balaban J connectivity index is 1.40. The summed E-state index contributed by atoms with van der Waals surface area (Å²) in [7, 11) is 0. The smallest absolute Gasteiger partial charge is 0.236 e. The molecule has 4 aromatic carbocycles. The Hall–Kier alpha value is -3.73. The summed E-state index contributed by atoms with van der Waals surface area (Å²) < 4.78 is 0. The van der Waals surface area contributed by atoms with E-state index in [0.29, 0.717) is 5.02 Å². The van der Waals surface area contributed by atoms with Gasteiger partial charge in [-0.2, -0.15) is 0 Å². The van der Waals surface area contributed by atoms with Crippen LogP contribution in [0, 0.1) is 0 Å². The second-order valence-electron chi connectivity index (χ2n) is 7.87. The molecule has 0 spiro atoms. The molecular formula is C29H21ClN2OS. The molecule has 34 heavy (non-hydrogen) atoms. The summed E-state index contributed by atoms with van der Waals surface area (Å²) in [5, 5.41) is 6.77. The molecule has 0 bridgehead atoms. The SMILES string of the molecule is O=C(Nc1cccc(-c2csc(-c3ccc(Cl)cc3)n2)c1)C(c1ccccc1)c1ccccc1. The molecule has 166 valence electrons. The lowest BCUT2D eigenvalue weighted by atomic mass is 9.90. The third-order valence-corrected chi connectivity index (χ3v) is 6.69. The molecule has 0 atom stereocenters. The van der Waals surface area contributed by atoms with Crippen molar-refractivity contribution in [1.82, 2.24) is 4.98 Å². The van der Waals surface area contributed by atoms with E-state index in [2.05, 4.69) is 5.32 Å². The molecule has 0 unspecified atom stereocenters. The Kier molecular flexibility index (Phi) is 6.52. The summed E-state index contributed by atoms with van der Waals surface area (Å²) in [6.07, 6.45) is 0. The van der Waals surface area contributed by atoms with Gasteiger partial charge in [0.25, 0.3) is 0 Å². The molecule has 0 aliphatic heterocycles. The number of halogens is 1. The number of benzene rings is 4. The Morgan fingerprint density at radius 1 is 0.765 bits per heavy atom. The molecule has 0 saturated carbocycles. The van der Waals surface area contributed by atoms with Gasteiger partial charge in [0, 0.05) is 27.2 Å². The molecule has 0 aliphatic rings. The topological polar surface area (TPSA) is 42.0 Å². The van der Waals surface area contributed by atoms with Crippen molar-refractivity contribution in [3.8, 4) is 21.8 Å². The first-order valence-corrected chi connectivity index (χ1v) is 12.2. The number of hydrogen-bond acceptors (Lipinski definition) is 3. The van der Waals surface area contributed by atoms with Gasteiger partial charge in [-0.15, -0.1) is 11.3 Å². The van der Waals surface area contributed by atoms with Crippen LogP contribution in [0.1, 0.15) is 17.0 Å². The van der Waals surface area contributed by atoms with Crippen LogP contribution in [0.4, 0.5) is 5.69 Å². The predicted molar refractivity (Wildman–Crippen MR) is 141 cm³/mol. The third kappa shape index (κ3) is 4.93. The number of nitrogens with one attached hydrogen (secondary N) is 1. The van der Waals surface area contributed by atoms with E-state index in [1.54, 1.807) is 11.3 Å². The normalized spacial score (nSPS) is 10.9. The highest BCUT2D eigenvalue weighted by Gasteiger charge is 2.22. The average Bonchev–Trinajstić information content (AvgIpc) is 3.37. The van der Waals surface area contributed by atoms with Crippen molar-refractivity contribution < 1.29 is 4.79 Å². The van der Waals surface area contributed by atoms with Gasteiger partial charge in [0.1, 0.15) is 5.01 Å². The number of rotatable bonds is 6. The Bertz CT molecular complexity index is 1360. The van der Waals surface area contributed by atoms with Gasteiger partial charge in [0.2, 0.25) is 5.91 Å². The van der Waals surface area contributed by atoms with Gasteiger partial charge in [0.15, 0.2) is 0 Å². The van der Waals surface area contributed by atoms with E-state index in [9.17, 15) is 4.79 Å². The van der Waals surface area contributed by atoms with Crippen molar-refractivity contribution in [1.29, 1.82) is 0 Å². The number of carbonyl (C=O) groups is 1. The molecule has 1 aromatic heterocycles. The van der Waals surface area contributed by atoms with E-state index < -0.39 is 5.92 Å². The highest BCUT2D eigenvalue weighted by Crippen LogP contribution is 2.31. The van der Waals surface area contributed by atoms with Crippen molar-refractivity contribution in [2.45, 2.75) is 5.92 Å². The van der Waals surface area contributed by atoms with E-state index in [1.807, 2.05) is 115 Å². The van der Waals surface area contributed by atoms with E-state index in [-0.39, 0.29) is 5.91 Å². The zero-order chi connectivity index (χ0) is 23.3. The molecule has 0 saturated heterocycles. The first-order valence-electron chi connectivity index (χ1n) is 10.9. The zero-order valence-corrected chi connectivity index (χ0v) is 19.8. The maximum absolute atomic E-state index is 13.4. The summed E-state index contributed by atoms with van der Waals surface area (Å²) in [6.45, 7) is 0. The Morgan fingerprint density at radius 2 is 1.41 bits per heavy atom. The van der Waals surface area contributed by atoms with Crippen LogP contribution >= 0.6 is 22.9 Å². The minimum atomic E-state index is -0.401. The summed E-state index contributed by atoms with van der Waals surface area (Å²) in [6, 6.07) is 35.2. The minimum Gasteiger partial charge on any atom is -0.325 e. The number of amides is 1. The Morgan fingerprint density at radius 3 is 2.06 bits per heavy atom.